The van der Waals surface area contributed by atoms with Crippen LogP contribution in [-0.4, -0.2) is 4.92 Å². The zero-order valence-corrected chi connectivity index (χ0v) is 7.02. The summed E-state index contributed by atoms with van der Waals surface area (Å²) in [7, 11) is 0. The van der Waals surface area contributed by atoms with E-state index in [1.807, 2.05) is 0 Å². The van der Waals surface area contributed by atoms with Gasteiger partial charge in [0.15, 0.2) is 4.98 Å². The van der Waals surface area contributed by atoms with E-state index in [-0.39, 0.29) is 0 Å². The number of nitrogens with zero attached hydrogens (tertiary/aromatic N) is 3. The third-order valence-electron chi connectivity index (χ3n) is 1.61. The second kappa shape index (κ2) is 3.53. The molecule has 0 atom stereocenters. The summed E-state index contributed by atoms with van der Waals surface area (Å²) >= 11 is 0. The van der Waals surface area contributed by atoms with E-state index in [9.17, 15) is 23.3 Å². The highest BCUT2D eigenvalue weighted by molar-refractivity contribution is 5.63. The summed E-state index contributed by atoms with van der Waals surface area (Å²) < 4.78 is 36.5. The van der Waals surface area contributed by atoms with Gasteiger partial charge >= 0.3 is 17.6 Å². The average Bonchev–Trinajstić information content (AvgIpc) is 2.15. The van der Waals surface area contributed by atoms with Gasteiger partial charge in [-0.1, -0.05) is 0 Å². The van der Waals surface area contributed by atoms with Gasteiger partial charge in [0.25, 0.3) is 0 Å². The summed E-state index contributed by atoms with van der Waals surface area (Å²) in [5.74, 6) is 0. The summed E-state index contributed by atoms with van der Waals surface area (Å²) in [4.78, 5) is 11.8. The van der Waals surface area contributed by atoms with Crippen molar-refractivity contribution in [3.8, 4) is 0 Å². The number of hydrogen-bond donors (Lipinski definition) is 0. The molecule has 0 saturated carbocycles. The Bertz CT molecular complexity index is 450. The van der Waals surface area contributed by atoms with E-state index >= 15 is 0 Å². The van der Waals surface area contributed by atoms with Crippen LogP contribution in [0.5, 0.6) is 0 Å². The van der Waals surface area contributed by atoms with Crippen LogP contribution in [0.3, 0.4) is 0 Å². The smallest absolute Gasteiger partial charge is 0.258 e. The minimum atomic E-state index is -4.67. The Morgan fingerprint density at radius 1 is 1.40 bits per heavy atom. The van der Waals surface area contributed by atoms with E-state index < -0.39 is 28.0 Å². The predicted molar refractivity (Wildman–Crippen MR) is 42.8 cm³/mol. The van der Waals surface area contributed by atoms with Gasteiger partial charge in [-0.05, 0) is 6.07 Å². The lowest BCUT2D eigenvalue weighted by molar-refractivity contribution is -0.384. The number of hydrogen-bond acceptors (Lipinski definition) is 3. The molecule has 0 spiro atoms. The van der Waals surface area contributed by atoms with Crippen molar-refractivity contribution in [1.82, 2.24) is 0 Å². The number of nitro groups is 1. The van der Waals surface area contributed by atoms with Gasteiger partial charge in [-0.2, -0.15) is 13.2 Å². The monoisotopic (exact) mass is 218 g/mol. The Labute approximate surface area is 80.9 Å². The Morgan fingerprint density at radius 2 is 2.00 bits per heavy atom. The Hall–Kier alpha value is -2.17. The maximum atomic E-state index is 12.2. The van der Waals surface area contributed by atoms with Gasteiger partial charge in [0.1, 0.15) is 0 Å². The first-order valence-electron chi connectivity index (χ1n) is 3.57. The molecule has 15 heavy (non-hydrogen) atoms. The molecule has 8 heteroatoms. The molecule has 0 N–H and O–H groups in total. The van der Waals surface area contributed by atoms with Crippen LogP contribution >= 0.6 is 0 Å². The van der Waals surface area contributed by atoms with Crippen LogP contribution in [0.2, 0.25) is 0 Å². The van der Waals surface area contributed by atoms with E-state index in [0.717, 1.165) is 6.07 Å². The van der Waals surface area contributed by atoms with Gasteiger partial charge in [0.2, 0.25) is 5.39 Å². The van der Waals surface area contributed by atoms with Crippen molar-refractivity contribution < 1.29 is 18.1 Å². The molecular weight excluding hydrogens is 215 g/mol. The summed E-state index contributed by atoms with van der Waals surface area (Å²) in [6.45, 7) is 0. The van der Waals surface area contributed by atoms with Crippen molar-refractivity contribution in [3.05, 3.63) is 38.9 Å². The second-order valence-electron chi connectivity index (χ2n) is 2.56. The highest BCUT2D eigenvalue weighted by atomic mass is 19.4. The molecule has 0 unspecified atom stereocenters. The van der Waals surface area contributed by atoms with Crippen LogP contribution in [-0.2, 0) is 6.18 Å². The molecular formula is C7H3F3N3O2+. The van der Waals surface area contributed by atoms with Gasteiger partial charge in [0.05, 0.1) is 10.5 Å². The summed E-state index contributed by atoms with van der Waals surface area (Å²) in [5.41, 5.74) is -2.58. The highest BCUT2D eigenvalue weighted by Crippen LogP contribution is 2.35. The van der Waals surface area contributed by atoms with Gasteiger partial charge in [0, 0.05) is 12.1 Å². The SMILES string of the molecule is N#[N+]c1ccc(C(F)(F)F)cc1[N+](=O)[O-]. The molecule has 0 amide bonds. The third-order valence-corrected chi connectivity index (χ3v) is 1.61. The molecule has 0 saturated heterocycles. The molecule has 0 aliphatic heterocycles. The molecule has 0 aromatic heterocycles. The molecule has 78 valence electrons. The second-order valence-corrected chi connectivity index (χ2v) is 2.56. The fourth-order valence-corrected chi connectivity index (χ4v) is 0.931. The van der Waals surface area contributed by atoms with E-state index in [1.165, 1.54) is 0 Å². The van der Waals surface area contributed by atoms with Crippen LogP contribution in [0.4, 0.5) is 24.5 Å². The first kappa shape index (κ1) is 10.9. The predicted octanol–water partition coefficient (Wildman–Crippen LogP) is 3.10. The summed E-state index contributed by atoms with van der Waals surface area (Å²) in [6, 6.07) is 1.64. The van der Waals surface area contributed by atoms with Crippen molar-refractivity contribution in [2.24, 2.45) is 0 Å². The van der Waals surface area contributed by atoms with E-state index in [1.54, 1.807) is 0 Å². The lowest BCUT2D eigenvalue weighted by atomic mass is 10.1. The fraction of sp³-hybridized carbons (Fsp3) is 0.143. The molecule has 1 aromatic carbocycles. The van der Waals surface area contributed by atoms with Crippen molar-refractivity contribution in [2.45, 2.75) is 6.18 Å². The van der Waals surface area contributed by atoms with Crippen molar-refractivity contribution >= 4 is 11.4 Å². The van der Waals surface area contributed by atoms with E-state index in [2.05, 4.69) is 4.98 Å². The van der Waals surface area contributed by atoms with Gasteiger partial charge in [-0.15, -0.1) is 0 Å². The van der Waals surface area contributed by atoms with E-state index in [0.29, 0.717) is 12.1 Å². The topological polar surface area (TPSA) is 71.3 Å². The number of benzene rings is 1. The first-order chi connectivity index (χ1) is 6.86. The summed E-state index contributed by atoms with van der Waals surface area (Å²) in [6.07, 6.45) is -4.67. The van der Waals surface area contributed by atoms with Gasteiger partial charge < -0.3 is 0 Å². The zero-order chi connectivity index (χ0) is 11.6. The lowest BCUT2D eigenvalue weighted by Gasteiger charge is -2.03. The first-order valence-corrected chi connectivity index (χ1v) is 3.57. The Morgan fingerprint density at radius 3 is 2.40 bits per heavy atom. The molecule has 1 rings (SSSR count). The van der Waals surface area contributed by atoms with Crippen molar-refractivity contribution in [1.29, 1.82) is 5.39 Å². The largest absolute Gasteiger partial charge is 0.461 e. The fourth-order valence-electron chi connectivity index (χ4n) is 0.931. The van der Waals surface area contributed by atoms with Crippen LogP contribution in [0.15, 0.2) is 18.2 Å². The standard InChI is InChI=1S/C7H3F3N3O2/c8-7(9,10)4-1-2-5(12-11)6(3-4)13(14)15/h1-3H/q+1. The van der Waals surface area contributed by atoms with Gasteiger partial charge in [-0.3, -0.25) is 10.1 Å². The summed E-state index contributed by atoms with van der Waals surface area (Å²) in [5, 5.41) is 18.6. The van der Waals surface area contributed by atoms with Crippen LogP contribution in [0.25, 0.3) is 4.98 Å². The molecule has 0 heterocycles. The number of rotatable bonds is 1. The van der Waals surface area contributed by atoms with Crippen LogP contribution in [0.1, 0.15) is 5.56 Å². The van der Waals surface area contributed by atoms with E-state index in [4.69, 9.17) is 5.39 Å². The van der Waals surface area contributed by atoms with Gasteiger partial charge in [-0.25, -0.2) is 0 Å². The number of nitro benzene ring substituents is 1. The normalized spacial score (nSPS) is 10.8. The molecule has 0 radical (unpaired) electrons. The Kier molecular flexibility index (Phi) is 2.57. The molecule has 0 fully saturated rings. The van der Waals surface area contributed by atoms with Crippen molar-refractivity contribution in [2.75, 3.05) is 0 Å². The Balaban J connectivity index is 3.37. The number of halogens is 3. The highest BCUT2D eigenvalue weighted by Gasteiger charge is 2.35. The average molecular weight is 218 g/mol. The molecule has 5 nitrogen and oxygen atoms in total. The van der Waals surface area contributed by atoms with Crippen LogP contribution in [0, 0.1) is 15.5 Å². The third kappa shape index (κ3) is 2.19. The van der Waals surface area contributed by atoms with Crippen molar-refractivity contribution in [3.63, 3.8) is 0 Å². The molecule has 0 bridgehead atoms. The maximum absolute atomic E-state index is 12.2. The quantitative estimate of drug-likeness (QED) is 0.413. The maximum Gasteiger partial charge on any atom is 0.461 e. The number of alkyl halides is 3. The minimum absolute atomic E-state index is 0.315. The zero-order valence-electron chi connectivity index (χ0n) is 7.02. The molecule has 0 aliphatic carbocycles. The molecule has 1 aromatic rings. The molecule has 0 aliphatic rings. The van der Waals surface area contributed by atoms with Crippen LogP contribution < -0.4 is 0 Å². The number of diazo groups is 1. The lowest BCUT2D eigenvalue weighted by Crippen LogP contribution is -2.05. The minimum Gasteiger partial charge on any atom is -0.258 e.